The zero-order valence-electron chi connectivity index (χ0n) is 11.0. The van der Waals surface area contributed by atoms with E-state index >= 15 is 0 Å². The summed E-state index contributed by atoms with van der Waals surface area (Å²) in [6.45, 7) is 7.97. The normalized spacial score (nSPS) is 10.1. The molecule has 95 valence electrons. The van der Waals surface area contributed by atoms with Gasteiger partial charge in [-0.15, -0.1) is 0 Å². The fraction of sp³-hybridized carbons (Fsp3) is 0.500. The van der Waals surface area contributed by atoms with Gasteiger partial charge in [-0.25, -0.2) is 0 Å². The molecule has 0 aliphatic heterocycles. The molecule has 1 radical (unpaired) electrons. The highest BCUT2D eigenvalue weighted by Gasteiger charge is 1.75. The monoisotopic (exact) mass is 242 g/mol. The molecule has 0 heterocycles. The summed E-state index contributed by atoms with van der Waals surface area (Å²) in [6.07, 6.45) is 14.7. The van der Waals surface area contributed by atoms with Gasteiger partial charge in [0.1, 0.15) is 0 Å². The average molecular weight is 242 g/mol. The fourth-order valence-electron chi connectivity index (χ4n) is 0.757. The van der Waals surface area contributed by atoms with Gasteiger partial charge in [0.25, 0.3) is 0 Å². The number of thiol groups is 1. The number of hydrogen-bond donors (Lipinski definition) is 2. The van der Waals surface area contributed by atoms with Crippen molar-refractivity contribution in [2.24, 2.45) is 5.73 Å². The Morgan fingerprint density at radius 1 is 0.938 bits per heavy atom. The maximum absolute atomic E-state index is 4.50. The van der Waals surface area contributed by atoms with Crippen molar-refractivity contribution in [2.75, 3.05) is 7.05 Å². The van der Waals surface area contributed by atoms with E-state index < -0.39 is 0 Å². The summed E-state index contributed by atoms with van der Waals surface area (Å²) in [4.78, 5) is 0. The van der Waals surface area contributed by atoms with Crippen LogP contribution in [-0.2, 0) is 0 Å². The van der Waals surface area contributed by atoms with Crippen LogP contribution in [0.25, 0.3) is 0 Å². The molecule has 0 aliphatic rings. The summed E-state index contributed by atoms with van der Waals surface area (Å²) in [5.41, 5.74) is 4.50. The smallest absolute Gasteiger partial charge is 0.0195 e. The van der Waals surface area contributed by atoms with Crippen molar-refractivity contribution in [1.82, 2.24) is 0 Å². The summed E-state index contributed by atoms with van der Waals surface area (Å²) < 4.78 is 0. The second kappa shape index (κ2) is 29.3. The Labute approximate surface area is 108 Å². The van der Waals surface area contributed by atoms with Crippen molar-refractivity contribution in [3.63, 3.8) is 0 Å². The third-order valence-corrected chi connectivity index (χ3v) is 1.68. The van der Waals surface area contributed by atoms with Crippen LogP contribution < -0.4 is 5.73 Å². The Morgan fingerprint density at radius 2 is 1.38 bits per heavy atom. The number of nitrogens with two attached hydrogens (primary N) is 1. The molecule has 0 saturated heterocycles. The van der Waals surface area contributed by atoms with Gasteiger partial charge in [-0.3, -0.25) is 0 Å². The van der Waals surface area contributed by atoms with Crippen LogP contribution >= 0.6 is 12.6 Å². The van der Waals surface area contributed by atoms with Crippen LogP contribution in [0.5, 0.6) is 0 Å². The first-order chi connectivity index (χ1) is 7.83. The molecule has 0 amide bonds. The molecule has 0 unspecified atom stereocenters. The van der Waals surface area contributed by atoms with E-state index in [2.05, 4.69) is 39.1 Å². The average Bonchev–Trinajstić information content (AvgIpc) is 2.35. The van der Waals surface area contributed by atoms with Gasteiger partial charge in [0.2, 0.25) is 0 Å². The molecule has 0 aromatic carbocycles. The molecule has 2 heteroatoms. The molecule has 0 bridgehead atoms. The van der Waals surface area contributed by atoms with Crippen LogP contribution in [0.15, 0.2) is 35.8 Å². The molecule has 16 heavy (non-hydrogen) atoms. The van der Waals surface area contributed by atoms with Crippen molar-refractivity contribution in [1.29, 1.82) is 0 Å². The lowest BCUT2D eigenvalue weighted by Crippen LogP contribution is -1.69. The Morgan fingerprint density at radius 3 is 1.69 bits per heavy atom. The molecular formula is C14H28NS. The third-order valence-electron chi connectivity index (χ3n) is 1.51. The van der Waals surface area contributed by atoms with E-state index in [9.17, 15) is 0 Å². The Balaban J connectivity index is -0.000000188. The summed E-state index contributed by atoms with van der Waals surface area (Å²) in [6, 6.07) is 0. The van der Waals surface area contributed by atoms with Gasteiger partial charge in [-0.2, -0.15) is 12.6 Å². The lowest BCUT2D eigenvalue weighted by atomic mass is 10.2. The molecule has 0 aromatic rings. The molecule has 0 saturated carbocycles. The lowest BCUT2D eigenvalue weighted by molar-refractivity contribution is 0.702. The van der Waals surface area contributed by atoms with E-state index in [0.29, 0.717) is 0 Å². The van der Waals surface area contributed by atoms with Crippen molar-refractivity contribution in [2.45, 2.75) is 39.5 Å². The quantitative estimate of drug-likeness (QED) is 0.413. The molecule has 0 atom stereocenters. The van der Waals surface area contributed by atoms with Crippen LogP contribution in [0.4, 0.5) is 0 Å². The first-order valence-electron chi connectivity index (χ1n) is 5.82. The molecular weight excluding hydrogens is 214 g/mol. The summed E-state index contributed by atoms with van der Waals surface area (Å²) in [5.74, 6) is 0. The maximum Gasteiger partial charge on any atom is -0.0195 e. The first kappa shape index (κ1) is 20.9. The van der Waals surface area contributed by atoms with E-state index in [1.807, 2.05) is 24.3 Å². The lowest BCUT2D eigenvalue weighted by Gasteiger charge is -1.86. The van der Waals surface area contributed by atoms with E-state index in [1.165, 1.54) is 32.7 Å². The highest BCUT2D eigenvalue weighted by molar-refractivity contribution is 7.83. The summed E-state index contributed by atoms with van der Waals surface area (Å²) in [7, 11) is 1.50. The molecule has 2 N–H and O–H groups in total. The van der Waals surface area contributed by atoms with Crippen molar-refractivity contribution in [3.8, 4) is 0 Å². The van der Waals surface area contributed by atoms with Crippen LogP contribution in [0, 0.1) is 6.92 Å². The Hall–Kier alpha value is -0.470. The van der Waals surface area contributed by atoms with Gasteiger partial charge in [0.05, 0.1) is 0 Å². The number of rotatable bonds is 5. The largest absolute Gasteiger partial charge is 0.333 e. The number of hydrogen-bond acceptors (Lipinski definition) is 2. The van der Waals surface area contributed by atoms with E-state index in [4.69, 9.17) is 0 Å². The van der Waals surface area contributed by atoms with Gasteiger partial charge in [-0.1, -0.05) is 69.9 Å². The van der Waals surface area contributed by atoms with Gasteiger partial charge >= 0.3 is 0 Å². The molecule has 0 fully saturated rings. The predicted octanol–water partition coefficient (Wildman–Crippen LogP) is 4.54. The van der Waals surface area contributed by atoms with Crippen LogP contribution in [0.2, 0.25) is 0 Å². The summed E-state index contributed by atoms with van der Waals surface area (Å²) >= 11 is 3.85. The molecule has 0 aromatic heterocycles. The van der Waals surface area contributed by atoms with E-state index in [1.54, 1.807) is 11.5 Å². The minimum absolute atomic E-state index is 1.36. The van der Waals surface area contributed by atoms with Gasteiger partial charge < -0.3 is 5.73 Å². The molecule has 1 nitrogen and oxygen atoms in total. The van der Waals surface area contributed by atoms with Gasteiger partial charge in [0.15, 0.2) is 0 Å². The highest BCUT2D eigenvalue weighted by Crippen LogP contribution is 1.95. The van der Waals surface area contributed by atoms with E-state index in [0.717, 1.165) is 0 Å². The Kier molecular flexibility index (Phi) is 38.2. The van der Waals surface area contributed by atoms with Crippen molar-refractivity contribution < 1.29 is 0 Å². The zero-order valence-corrected chi connectivity index (χ0v) is 11.9. The van der Waals surface area contributed by atoms with Crippen LogP contribution in [0.3, 0.4) is 0 Å². The van der Waals surface area contributed by atoms with Crippen molar-refractivity contribution in [3.05, 3.63) is 42.7 Å². The predicted molar refractivity (Wildman–Crippen MR) is 81.7 cm³/mol. The standard InChI is InChI=1S/C7H9S.C6H14.CH5N/c1-2-3-4-5-6-7-8;1-3-5-6-4-2;1-2/h2-8H,1H2;3-6H2,1-2H3;2H2,1H3/b3-2-,5-4-,7-6?;;. The second-order valence-corrected chi connectivity index (χ2v) is 3.16. The molecule has 0 rings (SSSR count). The maximum atomic E-state index is 4.50. The van der Waals surface area contributed by atoms with Gasteiger partial charge in [0, 0.05) is 0 Å². The van der Waals surface area contributed by atoms with Gasteiger partial charge in [-0.05, 0) is 19.4 Å². The van der Waals surface area contributed by atoms with Crippen LogP contribution in [-0.4, -0.2) is 7.05 Å². The molecule has 0 aliphatic carbocycles. The Bertz CT molecular complexity index is 142. The van der Waals surface area contributed by atoms with Crippen LogP contribution in [0.1, 0.15) is 39.5 Å². The third kappa shape index (κ3) is 37.5. The first-order valence-corrected chi connectivity index (χ1v) is 6.34. The topological polar surface area (TPSA) is 26.0 Å². The minimum atomic E-state index is 1.36. The fourth-order valence-corrected chi connectivity index (χ4v) is 0.856. The number of allylic oxidation sites excluding steroid dienone is 5. The van der Waals surface area contributed by atoms with E-state index in [-0.39, 0.29) is 0 Å². The van der Waals surface area contributed by atoms with Crippen molar-refractivity contribution >= 4 is 12.6 Å². The number of unbranched alkanes of at least 4 members (excludes halogenated alkanes) is 3. The zero-order chi connectivity index (χ0) is 13.1. The SMILES string of the molecule is CCCCCC.CN.[CH2]/C=C\C=C/C=CS. The highest BCUT2D eigenvalue weighted by atomic mass is 32.1. The second-order valence-electron chi connectivity index (χ2n) is 2.86. The molecule has 0 spiro atoms. The minimum Gasteiger partial charge on any atom is -0.333 e. The summed E-state index contributed by atoms with van der Waals surface area (Å²) in [5, 5.41) is 1.67.